The second-order valence-electron chi connectivity index (χ2n) is 5.10. The summed E-state index contributed by atoms with van der Waals surface area (Å²) in [6.45, 7) is 3.87. The van der Waals surface area contributed by atoms with E-state index in [0.717, 1.165) is 5.56 Å². The van der Waals surface area contributed by atoms with Crippen LogP contribution < -0.4 is 5.32 Å². The van der Waals surface area contributed by atoms with Crippen LogP contribution in [0.5, 0.6) is 0 Å². The Balaban J connectivity index is 2.38. The van der Waals surface area contributed by atoms with Crippen LogP contribution in [0, 0.1) is 0 Å². The first-order chi connectivity index (χ1) is 9.38. The van der Waals surface area contributed by atoms with Gasteiger partial charge in [0, 0.05) is 24.5 Å². The van der Waals surface area contributed by atoms with Gasteiger partial charge in [0.2, 0.25) is 11.8 Å². The molecule has 0 aliphatic heterocycles. The van der Waals surface area contributed by atoms with E-state index in [0.29, 0.717) is 17.9 Å². The Hall–Kier alpha value is -1.55. The minimum atomic E-state index is -0.137. The largest absolute Gasteiger partial charge is 0.352 e. The highest BCUT2D eigenvalue weighted by Crippen LogP contribution is 2.11. The Morgan fingerprint density at radius 2 is 1.85 bits per heavy atom. The van der Waals surface area contributed by atoms with E-state index in [2.05, 4.69) is 5.32 Å². The van der Waals surface area contributed by atoms with E-state index in [-0.39, 0.29) is 24.4 Å². The van der Waals surface area contributed by atoms with Crippen molar-refractivity contribution in [1.29, 1.82) is 0 Å². The Morgan fingerprint density at radius 3 is 2.40 bits per heavy atom. The number of carbonyl (C=O) groups is 2. The lowest BCUT2D eigenvalue weighted by Gasteiger charge is -2.17. The zero-order valence-electron chi connectivity index (χ0n) is 12.1. The fraction of sp³-hybridized carbons (Fsp3) is 0.467. The zero-order valence-corrected chi connectivity index (χ0v) is 12.9. The minimum Gasteiger partial charge on any atom is -0.352 e. The van der Waals surface area contributed by atoms with Crippen molar-refractivity contribution in [2.45, 2.75) is 32.7 Å². The number of hydrogen-bond acceptors (Lipinski definition) is 2. The highest BCUT2D eigenvalue weighted by Gasteiger charge is 2.13. The normalized spacial score (nSPS) is 10.4. The molecule has 2 amide bonds. The van der Waals surface area contributed by atoms with Crippen molar-refractivity contribution >= 4 is 23.4 Å². The van der Waals surface area contributed by atoms with Crippen LogP contribution in [0.25, 0.3) is 0 Å². The van der Waals surface area contributed by atoms with E-state index < -0.39 is 0 Å². The Labute approximate surface area is 125 Å². The standard InChI is InChI=1S/C15H21ClN2O2/c1-11(2)17-14(19)10-18(3)15(20)9-6-12-4-7-13(16)8-5-12/h4-5,7-8,11H,6,9-10H2,1-3H3,(H,17,19). The van der Waals surface area contributed by atoms with Crippen LogP contribution in [-0.2, 0) is 16.0 Å². The molecule has 0 aliphatic carbocycles. The summed E-state index contributed by atoms with van der Waals surface area (Å²) in [5.41, 5.74) is 1.06. The Bertz CT molecular complexity index is 457. The fourth-order valence-corrected chi connectivity index (χ4v) is 1.89. The number of benzene rings is 1. The molecule has 1 N–H and O–H groups in total. The first-order valence-corrected chi connectivity index (χ1v) is 7.04. The molecule has 1 aromatic carbocycles. The molecule has 0 aliphatic rings. The van der Waals surface area contributed by atoms with Crippen molar-refractivity contribution in [2.24, 2.45) is 0 Å². The number of rotatable bonds is 6. The number of likely N-dealkylation sites (N-methyl/N-ethyl adjacent to an activating group) is 1. The zero-order chi connectivity index (χ0) is 15.1. The molecule has 0 atom stereocenters. The van der Waals surface area contributed by atoms with Crippen molar-refractivity contribution < 1.29 is 9.59 Å². The maximum Gasteiger partial charge on any atom is 0.239 e. The molecule has 0 bridgehead atoms. The van der Waals surface area contributed by atoms with Gasteiger partial charge in [-0.15, -0.1) is 0 Å². The molecule has 0 saturated heterocycles. The van der Waals surface area contributed by atoms with Gasteiger partial charge < -0.3 is 10.2 Å². The number of aryl methyl sites for hydroxylation is 1. The summed E-state index contributed by atoms with van der Waals surface area (Å²) in [6, 6.07) is 7.50. The number of carbonyl (C=O) groups excluding carboxylic acids is 2. The molecule has 1 aromatic rings. The van der Waals surface area contributed by atoms with Crippen LogP contribution in [0.2, 0.25) is 5.02 Å². The van der Waals surface area contributed by atoms with E-state index >= 15 is 0 Å². The van der Waals surface area contributed by atoms with Crippen molar-refractivity contribution in [3.8, 4) is 0 Å². The van der Waals surface area contributed by atoms with Gasteiger partial charge in [-0.05, 0) is 38.0 Å². The van der Waals surface area contributed by atoms with Crippen LogP contribution >= 0.6 is 11.6 Å². The highest BCUT2D eigenvalue weighted by atomic mass is 35.5. The van der Waals surface area contributed by atoms with Crippen molar-refractivity contribution in [3.05, 3.63) is 34.9 Å². The second-order valence-corrected chi connectivity index (χ2v) is 5.53. The Kier molecular flexibility index (Phi) is 6.52. The third-order valence-electron chi connectivity index (χ3n) is 2.80. The van der Waals surface area contributed by atoms with Gasteiger partial charge in [0.1, 0.15) is 0 Å². The maximum atomic E-state index is 11.9. The molecule has 5 heteroatoms. The summed E-state index contributed by atoms with van der Waals surface area (Å²) in [6.07, 6.45) is 1.03. The molecule has 20 heavy (non-hydrogen) atoms. The fourth-order valence-electron chi connectivity index (χ4n) is 1.76. The van der Waals surface area contributed by atoms with Crippen LogP contribution in [0.1, 0.15) is 25.8 Å². The van der Waals surface area contributed by atoms with E-state index in [1.54, 1.807) is 19.2 Å². The number of nitrogens with zero attached hydrogens (tertiary/aromatic N) is 1. The lowest BCUT2D eigenvalue weighted by Crippen LogP contribution is -2.40. The van der Waals surface area contributed by atoms with Crippen molar-refractivity contribution in [3.63, 3.8) is 0 Å². The predicted octanol–water partition coefficient (Wildman–Crippen LogP) is 2.26. The quantitative estimate of drug-likeness (QED) is 0.875. The molecule has 0 heterocycles. The summed E-state index contributed by atoms with van der Waals surface area (Å²) < 4.78 is 0. The Morgan fingerprint density at radius 1 is 1.25 bits per heavy atom. The topological polar surface area (TPSA) is 49.4 Å². The van der Waals surface area contributed by atoms with Gasteiger partial charge >= 0.3 is 0 Å². The molecule has 0 radical (unpaired) electrons. The number of halogens is 1. The van der Waals surface area contributed by atoms with E-state index in [4.69, 9.17) is 11.6 Å². The van der Waals surface area contributed by atoms with Gasteiger partial charge in [-0.1, -0.05) is 23.7 Å². The van der Waals surface area contributed by atoms with Gasteiger partial charge in [-0.2, -0.15) is 0 Å². The molecule has 0 aromatic heterocycles. The molecule has 0 spiro atoms. The number of nitrogens with one attached hydrogen (secondary N) is 1. The molecule has 0 fully saturated rings. The van der Waals surface area contributed by atoms with Crippen LogP contribution in [0.4, 0.5) is 0 Å². The lowest BCUT2D eigenvalue weighted by atomic mass is 10.1. The summed E-state index contributed by atoms with van der Waals surface area (Å²) in [4.78, 5) is 24.9. The van der Waals surface area contributed by atoms with Crippen LogP contribution in [-0.4, -0.2) is 36.3 Å². The summed E-state index contributed by atoms with van der Waals surface area (Å²) in [5, 5.41) is 3.44. The molecular formula is C15H21ClN2O2. The van der Waals surface area contributed by atoms with Crippen molar-refractivity contribution in [1.82, 2.24) is 10.2 Å². The van der Waals surface area contributed by atoms with Gasteiger partial charge in [-0.25, -0.2) is 0 Å². The lowest BCUT2D eigenvalue weighted by molar-refractivity contribution is -0.134. The van der Waals surface area contributed by atoms with Crippen molar-refractivity contribution in [2.75, 3.05) is 13.6 Å². The van der Waals surface area contributed by atoms with E-state index in [1.807, 2.05) is 26.0 Å². The first-order valence-electron chi connectivity index (χ1n) is 6.66. The monoisotopic (exact) mass is 296 g/mol. The van der Waals surface area contributed by atoms with Crippen LogP contribution in [0.15, 0.2) is 24.3 Å². The van der Waals surface area contributed by atoms with Gasteiger partial charge in [0.15, 0.2) is 0 Å². The molecular weight excluding hydrogens is 276 g/mol. The highest BCUT2D eigenvalue weighted by molar-refractivity contribution is 6.30. The third-order valence-corrected chi connectivity index (χ3v) is 3.05. The smallest absolute Gasteiger partial charge is 0.239 e. The van der Waals surface area contributed by atoms with Crippen LogP contribution in [0.3, 0.4) is 0 Å². The SMILES string of the molecule is CC(C)NC(=O)CN(C)C(=O)CCc1ccc(Cl)cc1. The summed E-state index contributed by atoms with van der Waals surface area (Å²) in [5.74, 6) is -0.179. The molecule has 0 unspecified atom stereocenters. The predicted molar refractivity (Wildman–Crippen MR) is 80.7 cm³/mol. The maximum absolute atomic E-state index is 11.9. The molecule has 4 nitrogen and oxygen atoms in total. The summed E-state index contributed by atoms with van der Waals surface area (Å²) in [7, 11) is 1.64. The number of amides is 2. The average Bonchev–Trinajstić information content (AvgIpc) is 2.36. The van der Waals surface area contributed by atoms with E-state index in [9.17, 15) is 9.59 Å². The second kappa shape index (κ2) is 7.90. The van der Waals surface area contributed by atoms with Gasteiger partial charge in [-0.3, -0.25) is 9.59 Å². The third kappa shape index (κ3) is 6.06. The molecule has 110 valence electrons. The first kappa shape index (κ1) is 16.5. The average molecular weight is 297 g/mol. The van der Waals surface area contributed by atoms with Gasteiger partial charge in [0.05, 0.1) is 6.54 Å². The van der Waals surface area contributed by atoms with E-state index in [1.165, 1.54) is 4.90 Å². The minimum absolute atomic E-state index is 0.0427. The molecule has 1 rings (SSSR count). The summed E-state index contributed by atoms with van der Waals surface area (Å²) >= 11 is 5.80. The number of hydrogen-bond donors (Lipinski definition) is 1. The molecule has 0 saturated carbocycles. The van der Waals surface area contributed by atoms with Gasteiger partial charge in [0.25, 0.3) is 0 Å².